The van der Waals surface area contributed by atoms with Gasteiger partial charge in [0.2, 0.25) is 11.8 Å². The lowest BCUT2D eigenvalue weighted by Crippen LogP contribution is -2.45. The van der Waals surface area contributed by atoms with Gasteiger partial charge in [-0.1, -0.05) is 12.8 Å². The summed E-state index contributed by atoms with van der Waals surface area (Å²) in [4.78, 5) is 41.9. The molecule has 2 N–H and O–H groups in total. The van der Waals surface area contributed by atoms with Crippen LogP contribution in [0.1, 0.15) is 37.7 Å². The van der Waals surface area contributed by atoms with Gasteiger partial charge in [-0.25, -0.2) is 4.79 Å². The Morgan fingerprint density at radius 3 is 2.60 bits per heavy atom. The van der Waals surface area contributed by atoms with Gasteiger partial charge < -0.3 is 15.3 Å². The van der Waals surface area contributed by atoms with E-state index in [9.17, 15) is 19.5 Å². The number of carbonyl (C=O) groups excluding carboxylic acids is 2. The van der Waals surface area contributed by atoms with Gasteiger partial charge in [-0.2, -0.15) is 0 Å². The van der Waals surface area contributed by atoms with Crippen molar-refractivity contribution in [3.63, 3.8) is 0 Å². The van der Waals surface area contributed by atoms with Crippen molar-refractivity contribution < 1.29 is 19.5 Å². The molecule has 1 aliphatic carbocycles. The van der Waals surface area contributed by atoms with Crippen molar-refractivity contribution in [1.82, 2.24) is 15.2 Å². The van der Waals surface area contributed by atoms with Gasteiger partial charge in [0.05, 0.1) is 5.92 Å². The molecule has 3 rings (SSSR count). The lowest BCUT2D eigenvalue weighted by Gasteiger charge is -2.24. The first-order chi connectivity index (χ1) is 12.0. The molecule has 0 aromatic carbocycles. The van der Waals surface area contributed by atoms with Crippen LogP contribution < -0.4 is 5.32 Å². The van der Waals surface area contributed by atoms with Crippen LogP contribution in [-0.4, -0.2) is 51.4 Å². The second-order valence-electron chi connectivity index (χ2n) is 6.84. The van der Waals surface area contributed by atoms with E-state index in [0.717, 1.165) is 31.2 Å². The zero-order valence-corrected chi connectivity index (χ0v) is 14.1. The second-order valence-corrected chi connectivity index (χ2v) is 6.84. The Bertz CT molecular complexity index is 643. The fraction of sp³-hybridized carbons (Fsp3) is 0.556. The van der Waals surface area contributed by atoms with Crippen LogP contribution in [0.15, 0.2) is 24.5 Å². The predicted octanol–water partition coefficient (Wildman–Crippen LogP) is 0.985. The molecule has 0 radical (unpaired) electrons. The number of amides is 2. The molecule has 1 aliphatic heterocycles. The summed E-state index contributed by atoms with van der Waals surface area (Å²) in [5.41, 5.74) is 0.790. The number of carbonyl (C=O) groups is 3. The molecular weight excluding hydrogens is 322 g/mol. The minimum absolute atomic E-state index is 0.00746. The standard InChI is InChI=1S/C18H23N3O4/c22-16-10-13(11-21(16)14-3-1-2-4-14)17(23)20-15(18(24)25)9-12-5-7-19-8-6-12/h5-8,13-15H,1-4,9-11H2,(H,20,23)(H,24,25). The third kappa shape index (κ3) is 4.15. The fourth-order valence-corrected chi connectivity index (χ4v) is 3.72. The normalized spacial score (nSPS) is 22.2. The van der Waals surface area contributed by atoms with Gasteiger partial charge in [-0.3, -0.25) is 14.6 Å². The highest BCUT2D eigenvalue weighted by atomic mass is 16.4. The summed E-state index contributed by atoms with van der Waals surface area (Å²) in [7, 11) is 0. The van der Waals surface area contributed by atoms with Crippen LogP contribution in [0, 0.1) is 5.92 Å². The van der Waals surface area contributed by atoms with Crippen LogP contribution in [0.25, 0.3) is 0 Å². The van der Waals surface area contributed by atoms with Crippen LogP contribution >= 0.6 is 0 Å². The summed E-state index contributed by atoms with van der Waals surface area (Å²) in [6, 6.07) is 2.69. The average Bonchev–Trinajstić information content (AvgIpc) is 3.24. The Labute approximate surface area is 146 Å². The predicted molar refractivity (Wildman–Crippen MR) is 89.6 cm³/mol. The number of pyridine rings is 1. The molecule has 2 fully saturated rings. The monoisotopic (exact) mass is 345 g/mol. The van der Waals surface area contributed by atoms with E-state index in [4.69, 9.17) is 0 Å². The maximum atomic E-state index is 12.5. The molecule has 1 aromatic rings. The number of rotatable bonds is 6. The third-order valence-electron chi connectivity index (χ3n) is 5.10. The number of nitrogens with one attached hydrogen (secondary N) is 1. The highest BCUT2D eigenvalue weighted by Crippen LogP contribution is 2.29. The molecule has 2 aliphatic rings. The molecule has 134 valence electrons. The molecule has 7 nitrogen and oxygen atoms in total. The molecule has 2 unspecified atom stereocenters. The molecule has 7 heteroatoms. The Hall–Kier alpha value is -2.44. The lowest BCUT2D eigenvalue weighted by molar-refractivity contribution is -0.142. The highest BCUT2D eigenvalue weighted by Gasteiger charge is 2.39. The minimum atomic E-state index is -1.08. The van der Waals surface area contributed by atoms with E-state index in [0.29, 0.717) is 6.54 Å². The Morgan fingerprint density at radius 1 is 1.28 bits per heavy atom. The summed E-state index contributed by atoms with van der Waals surface area (Å²) in [5.74, 6) is -1.89. The first-order valence-corrected chi connectivity index (χ1v) is 8.76. The van der Waals surface area contributed by atoms with Crippen LogP contribution in [-0.2, 0) is 20.8 Å². The lowest BCUT2D eigenvalue weighted by atomic mass is 10.0. The summed E-state index contributed by atoms with van der Waals surface area (Å²) in [5, 5.41) is 12.0. The van der Waals surface area contributed by atoms with Gasteiger partial charge in [0.15, 0.2) is 0 Å². The van der Waals surface area contributed by atoms with E-state index in [1.165, 1.54) is 0 Å². The minimum Gasteiger partial charge on any atom is -0.480 e. The number of nitrogens with zero attached hydrogens (tertiary/aromatic N) is 2. The van der Waals surface area contributed by atoms with Crippen LogP contribution in [0.5, 0.6) is 0 Å². The SMILES string of the molecule is O=C(NC(Cc1ccncc1)C(=O)O)C1CC(=O)N(C2CCCC2)C1. The molecule has 1 saturated heterocycles. The van der Waals surface area contributed by atoms with Gasteiger partial charge >= 0.3 is 5.97 Å². The van der Waals surface area contributed by atoms with Crippen LogP contribution in [0.3, 0.4) is 0 Å². The van der Waals surface area contributed by atoms with E-state index in [2.05, 4.69) is 10.3 Å². The van der Waals surface area contributed by atoms with E-state index in [1.54, 1.807) is 24.5 Å². The van der Waals surface area contributed by atoms with Crippen molar-refractivity contribution in [2.75, 3.05) is 6.54 Å². The number of hydrogen-bond acceptors (Lipinski definition) is 4. The van der Waals surface area contributed by atoms with E-state index in [-0.39, 0.29) is 30.7 Å². The number of aromatic nitrogens is 1. The topological polar surface area (TPSA) is 99.6 Å². The Balaban J connectivity index is 1.60. The maximum Gasteiger partial charge on any atom is 0.326 e. The Kier molecular flexibility index (Phi) is 5.31. The van der Waals surface area contributed by atoms with Gasteiger partial charge in [0.1, 0.15) is 6.04 Å². The summed E-state index contributed by atoms with van der Waals surface area (Å²) >= 11 is 0. The molecule has 0 bridgehead atoms. The smallest absolute Gasteiger partial charge is 0.326 e. The van der Waals surface area contributed by atoms with Crippen molar-refractivity contribution >= 4 is 17.8 Å². The van der Waals surface area contributed by atoms with Crippen molar-refractivity contribution in [2.24, 2.45) is 5.92 Å². The summed E-state index contributed by atoms with van der Waals surface area (Å²) < 4.78 is 0. The summed E-state index contributed by atoms with van der Waals surface area (Å²) in [6.45, 7) is 0.400. The van der Waals surface area contributed by atoms with Crippen LogP contribution in [0.4, 0.5) is 0 Å². The van der Waals surface area contributed by atoms with Crippen molar-refractivity contribution in [2.45, 2.75) is 50.6 Å². The molecule has 2 atom stereocenters. The zero-order valence-electron chi connectivity index (χ0n) is 14.1. The number of likely N-dealkylation sites (tertiary alicyclic amines) is 1. The van der Waals surface area contributed by atoms with E-state index < -0.39 is 17.9 Å². The molecule has 1 saturated carbocycles. The van der Waals surface area contributed by atoms with Gasteiger partial charge in [0.25, 0.3) is 0 Å². The van der Waals surface area contributed by atoms with Gasteiger partial charge in [-0.05, 0) is 30.5 Å². The van der Waals surface area contributed by atoms with Crippen molar-refractivity contribution in [1.29, 1.82) is 0 Å². The van der Waals surface area contributed by atoms with E-state index in [1.807, 2.05) is 4.90 Å². The number of hydrogen-bond donors (Lipinski definition) is 2. The molecular formula is C18H23N3O4. The fourth-order valence-electron chi connectivity index (χ4n) is 3.72. The molecule has 1 aromatic heterocycles. The van der Waals surface area contributed by atoms with Gasteiger partial charge in [-0.15, -0.1) is 0 Å². The first kappa shape index (κ1) is 17.4. The Morgan fingerprint density at radius 2 is 1.96 bits per heavy atom. The van der Waals surface area contributed by atoms with E-state index >= 15 is 0 Å². The molecule has 25 heavy (non-hydrogen) atoms. The van der Waals surface area contributed by atoms with Gasteiger partial charge in [0, 0.05) is 37.8 Å². The average molecular weight is 345 g/mol. The van der Waals surface area contributed by atoms with Crippen LogP contribution in [0.2, 0.25) is 0 Å². The molecule has 2 heterocycles. The van der Waals surface area contributed by atoms with Crippen molar-refractivity contribution in [3.05, 3.63) is 30.1 Å². The highest BCUT2D eigenvalue weighted by molar-refractivity contribution is 5.91. The maximum absolute atomic E-state index is 12.5. The second kappa shape index (κ2) is 7.63. The molecule has 0 spiro atoms. The quantitative estimate of drug-likeness (QED) is 0.801. The summed E-state index contributed by atoms with van der Waals surface area (Å²) in [6.07, 6.45) is 7.79. The number of carboxylic acids is 1. The zero-order chi connectivity index (χ0) is 17.8. The number of aliphatic carboxylic acids is 1. The largest absolute Gasteiger partial charge is 0.480 e. The third-order valence-corrected chi connectivity index (χ3v) is 5.10. The molecule has 2 amide bonds. The van der Waals surface area contributed by atoms with Crippen molar-refractivity contribution in [3.8, 4) is 0 Å². The number of carboxylic acid groups (broad SMARTS) is 1. The first-order valence-electron chi connectivity index (χ1n) is 8.76.